The van der Waals surface area contributed by atoms with Crippen molar-refractivity contribution in [3.63, 3.8) is 0 Å². The maximum Gasteiger partial charge on any atom is 0.227 e. The predicted octanol–water partition coefficient (Wildman–Crippen LogP) is 3.48. The van der Waals surface area contributed by atoms with Gasteiger partial charge in [-0.1, -0.05) is 19.0 Å². The van der Waals surface area contributed by atoms with Gasteiger partial charge in [0.25, 0.3) is 0 Å². The molecule has 1 heterocycles. The van der Waals surface area contributed by atoms with E-state index in [4.69, 9.17) is 4.52 Å². The van der Waals surface area contributed by atoms with Crippen LogP contribution >= 0.6 is 0 Å². The monoisotopic (exact) mass is 332 g/mol. The van der Waals surface area contributed by atoms with Crippen molar-refractivity contribution in [1.82, 2.24) is 10.1 Å². The zero-order valence-electron chi connectivity index (χ0n) is 13.8. The number of benzene rings is 1. The van der Waals surface area contributed by atoms with Crippen LogP contribution in [0.1, 0.15) is 50.7 Å². The molecule has 0 aliphatic heterocycles. The highest BCUT2D eigenvalue weighted by molar-refractivity contribution is 5.94. The van der Waals surface area contributed by atoms with E-state index < -0.39 is 0 Å². The number of amides is 1. The molecule has 0 spiro atoms. The van der Waals surface area contributed by atoms with Gasteiger partial charge in [-0.25, -0.2) is 4.39 Å². The Morgan fingerprint density at radius 1 is 1.38 bits per heavy atom. The molecule has 128 valence electrons. The Hall–Kier alpha value is -2.44. The number of aryl methyl sites for hydroxylation is 1. The summed E-state index contributed by atoms with van der Waals surface area (Å²) >= 11 is 0. The van der Waals surface area contributed by atoms with Crippen LogP contribution in [0.3, 0.4) is 0 Å². The summed E-state index contributed by atoms with van der Waals surface area (Å²) in [5.41, 5.74) is 1.20. The molecule has 2 aromatic rings. The third-order valence-corrected chi connectivity index (χ3v) is 3.76. The number of carbonyl (C=O) groups is 1. The standard InChI is InChI=1S/C17H21FN4O2/c1-10(2)17-21-16(24-22-17)8-7-15(23)20-13-6-3-11(18)9-14(13)19-12-4-5-12/h3,6,9-10,12,19H,4-5,7-8H2,1-2H3,(H,20,23). The number of aromatic nitrogens is 2. The maximum atomic E-state index is 13.4. The summed E-state index contributed by atoms with van der Waals surface area (Å²) in [6, 6.07) is 4.68. The van der Waals surface area contributed by atoms with Crippen LogP contribution in [0.2, 0.25) is 0 Å². The third-order valence-electron chi connectivity index (χ3n) is 3.76. The molecule has 1 aliphatic carbocycles. The molecule has 3 rings (SSSR count). The Morgan fingerprint density at radius 3 is 2.83 bits per heavy atom. The van der Waals surface area contributed by atoms with E-state index in [1.54, 1.807) is 6.07 Å². The minimum absolute atomic E-state index is 0.176. The number of halogens is 1. The van der Waals surface area contributed by atoms with E-state index in [1.807, 2.05) is 13.8 Å². The summed E-state index contributed by atoms with van der Waals surface area (Å²) in [5, 5.41) is 9.91. The molecule has 0 saturated heterocycles. The molecule has 7 heteroatoms. The van der Waals surface area contributed by atoms with Gasteiger partial charge in [0.05, 0.1) is 11.4 Å². The van der Waals surface area contributed by atoms with E-state index in [-0.39, 0.29) is 24.1 Å². The van der Waals surface area contributed by atoms with Crippen molar-refractivity contribution in [3.05, 3.63) is 35.7 Å². The fraction of sp³-hybridized carbons (Fsp3) is 0.471. The SMILES string of the molecule is CC(C)c1noc(CCC(=O)Nc2ccc(F)cc2NC2CC2)n1. The highest BCUT2D eigenvalue weighted by atomic mass is 19.1. The van der Waals surface area contributed by atoms with Gasteiger partial charge in [-0.15, -0.1) is 0 Å². The molecule has 1 amide bonds. The minimum atomic E-state index is -0.330. The van der Waals surface area contributed by atoms with Gasteiger partial charge in [-0.2, -0.15) is 4.98 Å². The van der Waals surface area contributed by atoms with Gasteiger partial charge in [0.1, 0.15) is 5.82 Å². The minimum Gasteiger partial charge on any atom is -0.381 e. The number of rotatable bonds is 7. The van der Waals surface area contributed by atoms with E-state index in [0.717, 1.165) is 12.8 Å². The van der Waals surface area contributed by atoms with E-state index in [2.05, 4.69) is 20.8 Å². The van der Waals surface area contributed by atoms with Crippen LogP contribution in [0.5, 0.6) is 0 Å². The van der Waals surface area contributed by atoms with Crippen molar-refractivity contribution in [2.75, 3.05) is 10.6 Å². The number of nitrogens with one attached hydrogen (secondary N) is 2. The second-order valence-corrected chi connectivity index (χ2v) is 6.36. The molecule has 24 heavy (non-hydrogen) atoms. The van der Waals surface area contributed by atoms with Crippen LogP contribution in [0.25, 0.3) is 0 Å². The van der Waals surface area contributed by atoms with Crippen molar-refractivity contribution in [1.29, 1.82) is 0 Å². The molecule has 0 bridgehead atoms. The van der Waals surface area contributed by atoms with Crippen molar-refractivity contribution >= 4 is 17.3 Å². The first-order chi connectivity index (χ1) is 11.5. The number of hydrogen-bond donors (Lipinski definition) is 2. The summed E-state index contributed by atoms with van der Waals surface area (Å²) in [7, 11) is 0. The highest BCUT2D eigenvalue weighted by Crippen LogP contribution is 2.30. The van der Waals surface area contributed by atoms with E-state index in [9.17, 15) is 9.18 Å². The average Bonchev–Trinajstić information content (AvgIpc) is 3.21. The second kappa shape index (κ2) is 6.98. The predicted molar refractivity (Wildman–Crippen MR) is 88.4 cm³/mol. The molecule has 0 unspecified atom stereocenters. The van der Waals surface area contributed by atoms with Gasteiger partial charge in [-0.05, 0) is 31.0 Å². The molecule has 1 aromatic carbocycles. The Morgan fingerprint density at radius 2 is 2.17 bits per heavy atom. The molecular formula is C17H21FN4O2. The zero-order chi connectivity index (χ0) is 17.1. The first-order valence-electron chi connectivity index (χ1n) is 8.19. The molecule has 1 saturated carbocycles. The molecule has 1 aromatic heterocycles. The third kappa shape index (κ3) is 4.31. The van der Waals surface area contributed by atoms with Crippen LogP contribution in [-0.2, 0) is 11.2 Å². The van der Waals surface area contributed by atoms with Gasteiger partial charge in [0, 0.05) is 24.8 Å². The summed E-state index contributed by atoms with van der Waals surface area (Å²) in [5.74, 6) is 0.767. The Balaban J connectivity index is 1.57. The van der Waals surface area contributed by atoms with Gasteiger partial charge in [0.2, 0.25) is 11.8 Å². The first kappa shape index (κ1) is 16.4. The van der Waals surface area contributed by atoms with Gasteiger partial charge in [0.15, 0.2) is 5.82 Å². The second-order valence-electron chi connectivity index (χ2n) is 6.36. The van der Waals surface area contributed by atoms with Crippen LogP contribution in [0, 0.1) is 5.82 Å². The lowest BCUT2D eigenvalue weighted by Crippen LogP contribution is -2.15. The molecule has 1 aliphatic rings. The normalized spacial score (nSPS) is 14.0. The molecule has 2 N–H and O–H groups in total. The fourth-order valence-electron chi connectivity index (χ4n) is 2.23. The number of anilines is 2. The number of hydrogen-bond acceptors (Lipinski definition) is 5. The quantitative estimate of drug-likeness (QED) is 0.811. The summed E-state index contributed by atoms with van der Waals surface area (Å²) in [6.07, 6.45) is 2.73. The topological polar surface area (TPSA) is 80.0 Å². The van der Waals surface area contributed by atoms with Crippen molar-refractivity contribution in [2.45, 2.75) is 51.5 Å². The van der Waals surface area contributed by atoms with Crippen LogP contribution < -0.4 is 10.6 Å². The van der Waals surface area contributed by atoms with Crippen LogP contribution in [0.15, 0.2) is 22.7 Å². The van der Waals surface area contributed by atoms with Crippen molar-refractivity contribution in [2.24, 2.45) is 0 Å². The summed E-state index contributed by atoms with van der Waals surface area (Å²) < 4.78 is 18.5. The molecule has 1 fully saturated rings. The lowest BCUT2D eigenvalue weighted by Gasteiger charge is -2.12. The van der Waals surface area contributed by atoms with E-state index >= 15 is 0 Å². The first-order valence-corrected chi connectivity index (χ1v) is 8.19. The largest absolute Gasteiger partial charge is 0.381 e. The molecule has 0 atom stereocenters. The van der Waals surface area contributed by atoms with Gasteiger partial charge < -0.3 is 15.2 Å². The molecular weight excluding hydrogens is 311 g/mol. The van der Waals surface area contributed by atoms with Gasteiger partial charge in [-0.3, -0.25) is 4.79 Å². The van der Waals surface area contributed by atoms with E-state index in [0.29, 0.717) is 35.6 Å². The Kier molecular flexibility index (Phi) is 4.78. The number of carbonyl (C=O) groups excluding carboxylic acids is 1. The highest BCUT2D eigenvalue weighted by Gasteiger charge is 2.22. The smallest absolute Gasteiger partial charge is 0.227 e. The lowest BCUT2D eigenvalue weighted by molar-refractivity contribution is -0.116. The molecule has 6 nitrogen and oxygen atoms in total. The van der Waals surface area contributed by atoms with Crippen molar-refractivity contribution in [3.8, 4) is 0 Å². The Bertz CT molecular complexity index is 725. The zero-order valence-corrected chi connectivity index (χ0v) is 13.8. The summed E-state index contributed by atoms with van der Waals surface area (Å²) in [6.45, 7) is 3.95. The van der Waals surface area contributed by atoms with E-state index in [1.165, 1.54) is 12.1 Å². The van der Waals surface area contributed by atoms with Crippen LogP contribution in [0.4, 0.5) is 15.8 Å². The van der Waals surface area contributed by atoms with Gasteiger partial charge >= 0.3 is 0 Å². The Labute approximate surface area is 139 Å². The average molecular weight is 332 g/mol. The number of nitrogens with zero attached hydrogens (tertiary/aromatic N) is 2. The molecule has 0 radical (unpaired) electrons. The summed E-state index contributed by atoms with van der Waals surface area (Å²) in [4.78, 5) is 16.4. The fourth-order valence-corrected chi connectivity index (χ4v) is 2.23. The lowest BCUT2D eigenvalue weighted by atomic mass is 10.2. The van der Waals surface area contributed by atoms with Crippen LogP contribution in [-0.4, -0.2) is 22.1 Å². The van der Waals surface area contributed by atoms with Crippen molar-refractivity contribution < 1.29 is 13.7 Å². The maximum absolute atomic E-state index is 13.4.